The molecule has 0 aliphatic heterocycles. The van der Waals surface area contributed by atoms with Gasteiger partial charge in [0.1, 0.15) is 0 Å². The van der Waals surface area contributed by atoms with Crippen LogP contribution < -0.4 is 5.32 Å². The molecule has 0 aliphatic carbocycles. The fourth-order valence-corrected chi connectivity index (χ4v) is 1.91. The Balaban J connectivity index is 2.56. The Kier molecular flexibility index (Phi) is 5.54. The number of nitro benzene ring substituents is 1. The molecular weight excluding hydrogens is 288 g/mol. The van der Waals surface area contributed by atoms with Crippen molar-refractivity contribution in [3.63, 3.8) is 0 Å². The third-order valence-corrected chi connectivity index (χ3v) is 2.68. The molecule has 1 aromatic rings. The molecule has 0 aliphatic rings. The van der Waals surface area contributed by atoms with Crippen LogP contribution in [-0.2, 0) is 6.54 Å². The van der Waals surface area contributed by atoms with Gasteiger partial charge in [0, 0.05) is 23.2 Å². The van der Waals surface area contributed by atoms with E-state index in [1.54, 1.807) is 13.0 Å². The van der Waals surface area contributed by atoms with Gasteiger partial charge in [-0.15, -0.1) is 0 Å². The lowest BCUT2D eigenvalue weighted by Crippen LogP contribution is -2.18. The number of hydrogen-bond donors (Lipinski definition) is 2. The first-order chi connectivity index (χ1) is 7.99. The van der Waals surface area contributed by atoms with Crippen LogP contribution in [0.4, 0.5) is 5.69 Å². The minimum atomic E-state index is -0.413. The quantitative estimate of drug-likeness (QED) is 0.480. The molecule has 0 fully saturated rings. The average molecular weight is 303 g/mol. The Bertz CT molecular complexity index is 396. The van der Waals surface area contributed by atoms with Crippen LogP contribution >= 0.6 is 15.9 Å². The Labute approximate surface area is 108 Å². The van der Waals surface area contributed by atoms with Gasteiger partial charge in [-0.3, -0.25) is 10.1 Å². The Morgan fingerprint density at radius 3 is 2.82 bits per heavy atom. The van der Waals surface area contributed by atoms with Crippen molar-refractivity contribution < 1.29 is 10.0 Å². The van der Waals surface area contributed by atoms with Crippen molar-refractivity contribution in [1.82, 2.24) is 5.32 Å². The predicted molar refractivity (Wildman–Crippen MR) is 68.8 cm³/mol. The van der Waals surface area contributed by atoms with Crippen LogP contribution in [0.1, 0.15) is 18.9 Å². The van der Waals surface area contributed by atoms with Crippen molar-refractivity contribution in [2.75, 3.05) is 6.54 Å². The third-order valence-electron chi connectivity index (χ3n) is 2.22. The molecule has 17 heavy (non-hydrogen) atoms. The smallest absolute Gasteiger partial charge is 0.270 e. The molecule has 0 saturated heterocycles. The van der Waals surface area contributed by atoms with E-state index in [1.807, 2.05) is 6.07 Å². The largest absolute Gasteiger partial charge is 0.393 e. The molecule has 1 atom stereocenters. The maximum absolute atomic E-state index is 10.7. The summed E-state index contributed by atoms with van der Waals surface area (Å²) < 4.78 is 0.694. The number of nitrogens with one attached hydrogen (secondary N) is 1. The van der Waals surface area contributed by atoms with Crippen LogP contribution in [0.3, 0.4) is 0 Å². The van der Waals surface area contributed by atoms with E-state index in [9.17, 15) is 10.1 Å². The zero-order valence-electron chi connectivity index (χ0n) is 9.52. The fraction of sp³-hybridized carbons (Fsp3) is 0.455. The predicted octanol–water partition coefficient (Wildman–Crippen LogP) is 2.22. The average Bonchev–Trinajstić information content (AvgIpc) is 2.23. The van der Waals surface area contributed by atoms with Crippen molar-refractivity contribution >= 4 is 21.6 Å². The number of non-ortho nitro benzene ring substituents is 1. The molecule has 94 valence electrons. The molecule has 0 radical (unpaired) electrons. The molecule has 6 heteroatoms. The van der Waals surface area contributed by atoms with Gasteiger partial charge in [-0.1, -0.05) is 15.9 Å². The number of nitro groups is 1. The minimum absolute atomic E-state index is 0.0756. The number of aliphatic hydroxyl groups is 1. The van der Waals surface area contributed by atoms with Crippen molar-refractivity contribution in [2.45, 2.75) is 26.0 Å². The molecule has 0 heterocycles. The van der Waals surface area contributed by atoms with Crippen LogP contribution in [0.25, 0.3) is 0 Å². The summed E-state index contributed by atoms with van der Waals surface area (Å²) in [6, 6.07) is 4.85. The molecular formula is C11H15BrN2O3. The van der Waals surface area contributed by atoms with E-state index in [-0.39, 0.29) is 11.8 Å². The minimum Gasteiger partial charge on any atom is -0.393 e. The maximum Gasteiger partial charge on any atom is 0.270 e. The number of nitrogens with zero attached hydrogens (tertiary/aromatic N) is 1. The molecule has 1 aromatic carbocycles. The highest BCUT2D eigenvalue weighted by atomic mass is 79.9. The SMILES string of the molecule is CC(O)CCNCc1cc(Br)cc([N+](=O)[O-])c1. The molecule has 2 N–H and O–H groups in total. The molecule has 0 spiro atoms. The summed E-state index contributed by atoms with van der Waals surface area (Å²) in [5, 5.41) is 22.9. The van der Waals surface area contributed by atoms with E-state index >= 15 is 0 Å². The second-order valence-electron chi connectivity index (χ2n) is 3.89. The van der Waals surface area contributed by atoms with E-state index in [0.717, 1.165) is 5.56 Å². The van der Waals surface area contributed by atoms with Gasteiger partial charge in [-0.25, -0.2) is 0 Å². The van der Waals surface area contributed by atoms with E-state index < -0.39 is 4.92 Å². The first kappa shape index (κ1) is 14.1. The van der Waals surface area contributed by atoms with Gasteiger partial charge >= 0.3 is 0 Å². The van der Waals surface area contributed by atoms with Gasteiger partial charge < -0.3 is 10.4 Å². The van der Waals surface area contributed by atoms with Gasteiger partial charge in [0.2, 0.25) is 0 Å². The highest BCUT2D eigenvalue weighted by molar-refractivity contribution is 9.10. The second kappa shape index (κ2) is 6.68. The zero-order chi connectivity index (χ0) is 12.8. The summed E-state index contributed by atoms with van der Waals surface area (Å²) in [6.45, 7) is 2.95. The van der Waals surface area contributed by atoms with E-state index in [2.05, 4.69) is 21.2 Å². The van der Waals surface area contributed by atoms with Crippen molar-refractivity contribution in [3.8, 4) is 0 Å². The van der Waals surface area contributed by atoms with Gasteiger partial charge in [0.15, 0.2) is 0 Å². The Morgan fingerprint density at radius 2 is 2.24 bits per heavy atom. The fourth-order valence-electron chi connectivity index (χ4n) is 1.38. The van der Waals surface area contributed by atoms with Crippen LogP contribution in [0.15, 0.2) is 22.7 Å². The third kappa shape index (κ3) is 5.25. The standard InChI is InChI=1S/C11H15BrN2O3/c1-8(15)2-3-13-7-9-4-10(12)6-11(5-9)14(16)17/h4-6,8,13,15H,2-3,7H2,1H3. The number of benzene rings is 1. The molecule has 1 rings (SSSR count). The van der Waals surface area contributed by atoms with Crippen LogP contribution in [0.2, 0.25) is 0 Å². The Hall–Kier alpha value is -0.980. The van der Waals surface area contributed by atoms with Crippen molar-refractivity contribution in [2.24, 2.45) is 0 Å². The lowest BCUT2D eigenvalue weighted by atomic mass is 10.2. The van der Waals surface area contributed by atoms with E-state index in [0.29, 0.717) is 24.0 Å². The van der Waals surface area contributed by atoms with Gasteiger partial charge in [-0.2, -0.15) is 0 Å². The summed E-state index contributed by atoms with van der Waals surface area (Å²) >= 11 is 3.24. The zero-order valence-corrected chi connectivity index (χ0v) is 11.1. The molecule has 5 nitrogen and oxygen atoms in total. The van der Waals surface area contributed by atoms with Crippen molar-refractivity contribution in [1.29, 1.82) is 0 Å². The second-order valence-corrected chi connectivity index (χ2v) is 4.80. The van der Waals surface area contributed by atoms with E-state index in [4.69, 9.17) is 5.11 Å². The molecule has 0 saturated carbocycles. The topological polar surface area (TPSA) is 75.4 Å². The highest BCUT2D eigenvalue weighted by Crippen LogP contribution is 2.21. The molecule has 0 amide bonds. The molecule has 0 aromatic heterocycles. The summed E-state index contributed by atoms with van der Waals surface area (Å²) in [6.07, 6.45) is 0.329. The molecule has 1 unspecified atom stereocenters. The van der Waals surface area contributed by atoms with Gasteiger partial charge in [0.05, 0.1) is 11.0 Å². The number of rotatable bonds is 6. The highest BCUT2D eigenvalue weighted by Gasteiger charge is 2.08. The summed E-state index contributed by atoms with van der Waals surface area (Å²) in [4.78, 5) is 10.2. The number of hydrogen-bond acceptors (Lipinski definition) is 4. The van der Waals surface area contributed by atoms with Crippen LogP contribution in [0, 0.1) is 10.1 Å². The van der Waals surface area contributed by atoms with Crippen LogP contribution in [-0.4, -0.2) is 22.7 Å². The lowest BCUT2D eigenvalue weighted by molar-refractivity contribution is -0.385. The van der Waals surface area contributed by atoms with Gasteiger partial charge in [0.25, 0.3) is 5.69 Å². The summed E-state index contributed by atoms with van der Waals surface area (Å²) in [7, 11) is 0. The monoisotopic (exact) mass is 302 g/mol. The normalized spacial score (nSPS) is 12.4. The first-order valence-electron chi connectivity index (χ1n) is 5.31. The first-order valence-corrected chi connectivity index (χ1v) is 6.11. The number of halogens is 1. The summed E-state index contributed by atoms with van der Waals surface area (Å²) in [5.41, 5.74) is 0.920. The number of aliphatic hydroxyl groups excluding tert-OH is 1. The Morgan fingerprint density at radius 1 is 1.53 bits per heavy atom. The van der Waals surface area contributed by atoms with Gasteiger partial charge in [-0.05, 0) is 31.5 Å². The van der Waals surface area contributed by atoms with Crippen molar-refractivity contribution in [3.05, 3.63) is 38.3 Å². The maximum atomic E-state index is 10.7. The molecule has 0 bridgehead atoms. The van der Waals surface area contributed by atoms with Crippen LogP contribution in [0.5, 0.6) is 0 Å². The lowest BCUT2D eigenvalue weighted by Gasteiger charge is -2.07. The summed E-state index contributed by atoms with van der Waals surface area (Å²) in [5.74, 6) is 0. The van der Waals surface area contributed by atoms with E-state index in [1.165, 1.54) is 6.07 Å².